The summed E-state index contributed by atoms with van der Waals surface area (Å²) in [6, 6.07) is 6.04. The molecule has 0 aliphatic rings. The van der Waals surface area contributed by atoms with Gasteiger partial charge in [-0.25, -0.2) is 14.4 Å². The largest absolute Gasteiger partial charge is 0.433 e. The van der Waals surface area contributed by atoms with E-state index in [9.17, 15) is 14.4 Å². The molecule has 15 heteroatoms. The molecule has 31 heavy (non-hydrogen) atoms. The lowest BCUT2D eigenvalue weighted by atomic mass is 10.3. The highest BCUT2D eigenvalue weighted by atomic mass is 79.9. The molecule has 0 bridgehead atoms. The molecule has 1 amide bonds. The fourth-order valence-corrected chi connectivity index (χ4v) is 4.64. The maximum absolute atomic E-state index is 12.6. The van der Waals surface area contributed by atoms with Crippen molar-refractivity contribution in [3.8, 4) is 11.5 Å². The molecule has 0 aromatic heterocycles. The van der Waals surface area contributed by atoms with Gasteiger partial charge in [-0.05, 0) is 125 Å². The van der Waals surface area contributed by atoms with Crippen LogP contribution in [-0.4, -0.2) is 24.1 Å². The topological polar surface area (TPSA) is 128 Å². The van der Waals surface area contributed by atoms with E-state index in [2.05, 4.69) is 110 Å². The van der Waals surface area contributed by atoms with Gasteiger partial charge < -0.3 is 14.2 Å². The summed E-state index contributed by atoms with van der Waals surface area (Å²) in [6.07, 6.45) is -3.70. The molecule has 0 unspecified atom stereocenters. The van der Waals surface area contributed by atoms with Crippen LogP contribution in [0.15, 0.2) is 56.2 Å². The molecule has 0 aliphatic heterocycles. The number of azide groups is 1. The number of amides is 1. The molecule has 2 aromatic rings. The van der Waals surface area contributed by atoms with Crippen molar-refractivity contribution in [3.63, 3.8) is 0 Å². The molecule has 2 rings (SSSR count). The normalized spacial score (nSPS) is 10.3. The molecular formula is C16H5Br6N3O6. The van der Waals surface area contributed by atoms with Gasteiger partial charge in [-0.2, -0.15) is 0 Å². The van der Waals surface area contributed by atoms with E-state index in [4.69, 9.17) is 15.0 Å². The second-order valence-corrected chi connectivity index (χ2v) is 10.3. The lowest BCUT2D eigenvalue weighted by Crippen LogP contribution is -2.40. The van der Waals surface area contributed by atoms with Gasteiger partial charge in [0.15, 0.2) is 0 Å². The average Bonchev–Trinajstić information content (AvgIpc) is 2.68. The van der Waals surface area contributed by atoms with Gasteiger partial charge in [0.05, 0.1) is 8.95 Å². The Bertz CT molecular complexity index is 1050. The number of benzene rings is 2. The Morgan fingerprint density at radius 1 is 0.742 bits per heavy atom. The SMILES string of the molecule is [N-]=[N+]=NC(=O)OC(C(=O)Oc1cc(Br)c(Br)cc1Br)C(=O)Oc1cc(Br)c(Br)cc1Br. The van der Waals surface area contributed by atoms with Crippen LogP contribution >= 0.6 is 95.6 Å². The second-order valence-electron chi connectivity index (χ2n) is 5.19. The standard InChI is InChI=1S/C16H5Br6N3O6/c17-5-1-9(21)11(3-7(5)19)29-14(26)13(31-16(28)24-25-23)15(27)30-12-4-8(20)6(18)2-10(12)22/h1-4,13H. The summed E-state index contributed by atoms with van der Waals surface area (Å²) in [5.41, 5.74) is 8.38. The fraction of sp³-hybridized carbons (Fsp3) is 0.0625. The van der Waals surface area contributed by atoms with Gasteiger partial charge in [0.1, 0.15) is 11.5 Å². The van der Waals surface area contributed by atoms with E-state index in [0.717, 1.165) is 0 Å². The van der Waals surface area contributed by atoms with E-state index in [1.807, 2.05) is 0 Å². The van der Waals surface area contributed by atoms with E-state index in [0.29, 0.717) is 26.8 Å². The van der Waals surface area contributed by atoms with Gasteiger partial charge in [-0.3, -0.25) is 0 Å². The molecule has 0 heterocycles. The number of carbonyl (C=O) groups excluding carboxylic acids is 3. The molecule has 0 radical (unpaired) electrons. The maximum Gasteiger partial charge on any atom is 0.398 e. The number of esters is 2. The summed E-state index contributed by atoms with van der Waals surface area (Å²) in [6.45, 7) is 0. The number of halogens is 6. The minimum atomic E-state index is -2.18. The first-order valence-corrected chi connectivity index (χ1v) is 12.3. The Kier molecular flexibility index (Phi) is 9.98. The number of rotatable bonds is 5. The van der Waals surface area contributed by atoms with Gasteiger partial charge in [0, 0.05) is 27.9 Å². The zero-order valence-corrected chi connectivity index (χ0v) is 24.0. The van der Waals surface area contributed by atoms with Crippen molar-refractivity contribution in [2.45, 2.75) is 6.10 Å². The van der Waals surface area contributed by atoms with Crippen molar-refractivity contribution in [1.82, 2.24) is 0 Å². The fourth-order valence-electron chi connectivity index (χ4n) is 1.84. The Balaban J connectivity index is 2.33. The number of hydrogen-bond acceptors (Lipinski definition) is 6. The van der Waals surface area contributed by atoms with Crippen LogP contribution in [0.1, 0.15) is 0 Å². The molecule has 9 nitrogen and oxygen atoms in total. The van der Waals surface area contributed by atoms with Crippen molar-refractivity contribution < 1.29 is 28.6 Å². The molecule has 162 valence electrons. The lowest BCUT2D eigenvalue weighted by Gasteiger charge is -2.16. The molecule has 0 spiro atoms. The van der Waals surface area contributed by atoms with Crippen molar-refractivity contribution in [1.29, 1.82) is 0 Å². The van der Waals surface area contributed by atoms with Crippen LogP contribution < -0.4 is 9.47 Å². The molecule has 0 N–H and O–H groups in total. The van der Waals surface area contributed by atoms with Crippen LogP contribution in [0, 0.1) is 0 Å². The maximum atomic E-state index is 12.6. The van der Waals surface area contributed by atoms with Crippen LogP contribution in [0.3, 0.4) is 0 Å². The van der Waals surface area contributed by atoms with Crippen LogP contribution in [0.5, 0.6) is 11.5 Å². The Morgan fingerprint density at radius 2 is 1.13 bits per heavy atom. The molecular weight excluding hydrogens is 810 g/mol. The zero-order chi connectivity index (χ0) is 23.3. The highest BCUT2D eigenvalue weighted by Crippen LogP contribution is 2.36. The predicted octanol–water partition coefficient (Wildman–Crippen LogP) is 7.59. The molecule has 0 atom stereocenters. The predicted molar refractivity (Wildman–Crippen MR) is 130 cm³/mol. The molecule has 0 aliphatic carbocycles. The number of hydrogen-bond donors (Lipinski definition) is 0. The minimum Gasteiger partial charge on any atom is -0.433 e. The third kappa shape index (κ3) is 7.27. The van der Waals surface area contributed by atoms with Crippen LogP contribution in [0.2, 0.25) is 0 Å². The third-order valence-corrected chi connectivity index (χ3v) is 8.07. The van der Waals surface area contributed by atoms with E-state index < -0.39 is 24.1 Å². The molecule has 0 fully saturated rings. The number of carbonyl (C=O) groups is 3. The molecule has 0 saturated carbocycles. The minimum absolute atomic E-state index is 0.0188. The Hall–Kier alpha value is -0.960. The summed E-state index contributed by atoms with van der Waals surface area (Å²) >= 11 is 19.5. The number of ether oxygens (including phenoxy) is 3. The van der Waals surface area contributed by atoms with Crippen molar-refractivity contribution in [2.75, 3.05) is 0 Å². The summed E-state index contributed by atoms with van der Waals surface area (Å²) in [7, 11) is 0. The monoisotopic (exact) mass is 809 g/mol. The first kappa shape index (κ1) is 26.3. The lowest BCUT2D eigenvalue weighted by molar-refractivity contribution is -0.157. The molecule has 2 aromatic carbocycles. The first-order valence-electron chi connectivity index (χ1n) is 7.51. The second kappa shape index (κ2) is 11.8. The summed E-state index contributed by atoms with van der Waals surface area (Å²) in [4.78, 5) is 39.1. The Labute approximate surface area is 224 Å². The van der Waals surface area contributed by atoms with Gasteiger partial charge in [-0.1, -0.05) is 0 Å². The van der Waals surface area contributed by atoms with Gasteiger partial charge in [-0.15, -0.1) is 0 Å². The summed E-state index contributed by atoms with van der Waals surface area (Å²) in [5, 5.41) is 2.69. The van der Waals surface area contributed by atoms with Crippen LogP contribution in [-0.2, 0) is 14.3 Å². The highest BCUT2D eigenvalue weighted by molar-refractivity contribution is 9.13. The van der Waals surface area contributed by atoms with E-state index in [1.165, 1.54) is 12.1 Å². The van der Waals surface area contributed by atoms with Crippen molar-refractivity contribution in [3.05, 3.63) is 61.5 Å². The highest BCUT2D eigenvalue weighted by Gasteiger charge is 2.35. The summed E-state index contributed by atoms with van der Waals surface area (Å²) in [5.74, 6) is -2.53. The van der Waals surface area contributed by atoms with Crippen LogP contribution in [0.25, 0.3) is 10.4 Å². The van der Waals surface area contributed by atoms with Gasteiger partial charge in [0.25, 0.3) is 6.10 Å². The smallest absolute Gasteiger partial charge is 0.398 e. The quantitative estimate of drug-likeness (QED) is 0.0583. The van der Waals surface area contributed by atoms with E-state index in [1.54, 1.807) is 12.1 Å². The molecule has 0 saturated heterocycles. The average molecular weight is 815 g/mol. The van der Waals surface area contributed by atoms with Gasteiger partial charge in [0.2, 0.25) is 0 Å². The Morgan fingerprint density at radius 3 is 1.52 bits per heavy atom. The number of nitrogens with zero attached hydrogens (tertiary/aromatic N) is 3. The summed E-state index contributed by atoms with van der Waals surface area (Å²) < 4.78 is 18.2. The first-order chi connectivity index (χ1) is 14.5. The van der Waals surface area contributed by atoms with Crippen LogP contribution in [0.4, 0.5) is 4.79 Å². The zero-order valence-electron chi connectivity index (χ0n) is 14.4. The van der Waals surface area contributed by atoms with Crippen molar-refractivity contribution >= 4 is 114 Å². The third-order valence-electron chi connectivity index (χ3n) is 3.14. The van der Waals surface area contributed by atoms with Crippen molar-refractivity contribution in [2.24, 2.45) is 5.11 Å². The van der Waals surface area contributed by atoms with Gasteiger partial charge >= 0.3 is 18.0 Å². The van der Waals surface area contributed by atoms with E-state index >= 15 is 0 Å². The van der Waals surface area contributed by atoms with E-state index in [-0.39, 0.29) is 11.5 Å².